The lowest BCUT2D eigenvalue weighted by Crippen LogP contribution is -2.25. The predicted molar refractivity (Wildman–Crippen MR) is 93.9 cm³/mol. The van der Waals surface area contributed by atoms with Gasteiger partial charge < -0.3 is 4.98 Å². The van der Waals surface area contributed by atoms with E-state index in [-0.39, 0.29) is 0 Å². The Morgan fingerprint density at radius 2 is 1.77 bits per heavy atom. The molecule has 0 unspecified atom stereocenters. The van der Waals surface area contributed by atoms with Gasteiger partial charge in [0.05, 0.1) is 0 Å². The molecule has 2 heteroatoms. The molecule has 0 radical (unpaired) electrons. The Balaban J connectivity index is 1.67. The first kappa shape index (κ1) is 14.6. The minimum Gasteiger partial charge on any atom is -0.361 e. The summed E-state index contributed by atoms with van der Waals surface area (Å²) >= 11 is 0. The molecular formula is C20H22N2. The van der Waals surface area contributed by atoms with E-state index >= 15 is 0 Å². The van der Waals surface area contributed by atoms with Crippen molar-refractivity contribution in [3.63, 3.8) is 0 Å². The first-order chi connectivity index (χ1) is 10.9. The monoisotopic (exact) mass is 290 g/mol. The molecule has 112 valence electrons. The van der Waals surface area contributed by atoms with Crippen LogP contribution in [0.5, 0.6) is 0 Å². The van der Waals surface area contributed by atoms with Crippen LogP contribution in [0.2, 0.25) is 0 Å². The lowest BCUT2D eigenvalue weighted by Gasteiger charge is -2.20. The van der Waals surface area contributed by atoms with Crippen LogP contribution in [0.4, 0.5) is 0 Å². The normalized spacial score (nSPS) is 11.1. The van der Waals surface area contributed by atoms with Crippen molar-refractivity contribution in [1.29, 1.82) is 0 Å². The smallest absolute Gasteiger partial charge is 0.0456 e. The van der Waals surface area contributed by atoms with Gasteiger partial charge in [0, 0.05) is 36.7 Å². The summed E-state index contributed by atoms with van der Waals surface area (Å²) in [6, 6.07) is 19.1. The molecule has 1 heterocycles. The molecule has 2 aromatic carbocycles. The minimum absolute atomic E-state index is 0.914. The van der Waals surface area contributed by atoms with E-state index in [9.17, 15) is 0 Å². The molecule has 0 aliphatic carbocycles. The van der Waals surface area contributed by atoms with E-state index in [0.717, 1.165) is 26.1 Å². The van der Waals surface area contributed by atoms with E-state index in [4.69, 9.17) is 0 Å². The first-order valence-corrected chi connectivity index (χ1v) is 7.79. The zero-order valence-electron chi connectivity index (χ0n) is 12.8. The fourth-order valence-corrected chi connectivity index (χ4v) is 2.88. The lowest BCUT2D eigenvalue weighted by molar-refractivity contribution is 0.299. The summed E-state index contributed by atoms with van der Waals surface area (Å²) in [5.74, 6) is 0. The highest BCUT2D eigenvalue weighted by Gasteiger charge is 2.07. The van der Waals surface area contributed by atoms with Crippen molar-refractivity contribution in [2.45, 2.75) is 13.0 Å². The van der Waals surface area contributed by atoms with Crippen molar-refractivity contribution in [2.24, 2.45) is 0 Å². The van der Waals surface area contributed by atoms with E-state index in [1.165, 1.54) is 22.0 Å². The van der Waals surface area contributed by atoms with Gasteiger partial charge in [0.25, 0.3) is 0 Å². The summed E-state index contributed by atoms with van der Waals surface area (Å²) in [6.07, 6.45) is 5.17. The summed E-state index contributed by atoms with van der Waals surface area (Å²) in [7, 11) is 0. The molecule has 0 amide bonds. The van der Waals surface area contributed by atoms with Crippen LogP contribution in [0.3, 0.4) is 0 Å². The van der Waals surface area contributed by atoms with E-state index in [1.807, 2.05) is 6.08 Å². The number of fused-ring (bicyclic) bond motifs is 1. The fourth-order valence-electron chi connectivity index (χ4n) is 2.88. The zero-order chi connectivity index (χ0) is 15.2. The molecule has 0 fully saturated rings. The molecule has 0 saturated heterocycles. The highest BCUT2D eigenvalue weighted by molar-refractivity contribution is 5.83. The van der Waals surface area contributed by atoms with Gasteiger partial charge in [-0.15, -0.1) is 6.58 Å². The molecule has 22 heavy (non-hydrogen) atoms. The predicted octanol–water partition coefficient (Wildman–Crippen LogP) is 4.40. The van der Waals surface area contributed by atoms with Gasteiger partial charge in [-0.2, -0.15) is 0 Å². The van der Waals surface area contributed by atoms with Gasteiger partial charge in [0.15, 0.2) is 0 Å². The number of H-pyrrole nitrogens is 1. The zero-order valence-corrected chi connectivity index (χ0v) is 12.8. The van der Waals surface area contributed by atoms with Crippen LogP contribution < -0.4 is 0 Å². The highest BCUT2D eigenvalue weighted by Crippen LogP contribution is 2.18. The summed E-state index contributed by atoms with van der Waals surface area (Å²) in [4.78, 5) is 5.79. The first-order valence-electron chi connectivity index (χ1n) is 7.79. The maximum absolute atomic E-state index is 3.89. The Morgan fingerprint density at radius 1 is 1.00 bits per heavy atom. The molecular weight excluding hydrogens is 268 g/mol. The van der Waals surface area contributed by atoms with E-state index in [0.29, 0.717) is 0 Å². The maximum Gasteiger partial charge on any atom is 0.0456 e. The second kappa shape index (κ2) is 7.10. The number of nitrogens with one attached hydrogen (secondary N) is 1. The Labute approximate surface area is 132 Å². The number of aromatic nitrogens is 1. The molecule has 0 saturated carbocycles. The topological polar surface area (TPSA) is 19.0 Å². The van der Waals surface area contributed by atoms with E-state index in [1.54, 1.807) is 0 Å². The Morgan fingerprint density at radius 3 is 2.59 bits per heavy atom. The number of para-hydroxylation sites is 1. The fraction of sp³-hybridized carbons (Fsp3) is 0.200. The summed E-state index contributed by atoms with van der Waals surface area (Å²) in [5, 5.41) is 1.33. The summed E-state index contributed by atoms with van der Waals surface area (Å²) in [5.41, 5.74) is 3.96. The van der Waals surface area contributed by atoms with Crippen molar-refractivity contribution in [2.75, 3.05) is 13.1 Å². The third-order valence-electron chi connectivity index (χ3n) is 4.01. The third kappa shape index (κ3) is 3.46. The number of aromatic amines is 1. The molecule has 3 rings (SSSR count). The molecule has 1 aromatic heterocycles. The quantitative estimate of drug-likeness (QED) is 0.639. The van der Waals surface area contributed by atoms with Gasteiger partial charge in [-0.25, -0.2) is 0 Å². The standard InChI is InChI=1S/C20H22N2/c1-2-13-22(16-17-8-4-3-5-9-17)14-12-18-15-21-20-11-7-6-10-19(18)20/h2-11,15,21H,1,12-14,16H2. The largest absolute Gasteiger partial charge is 0.361 e. The number of hydrogen-bond acceptors (Lipinski definition) is 1. The molecule has 1 N–H and O–H groups in total. The van der Waals surface area contributed by atoms with Gasteiger partial charge in [0.2, 0.25) is 0 Å². The van der Waals surface area contributed by atoms with Gasteiger partial charge in [-0.1, -0.05) is 54.6 Å². The molecule has 0 aliphatic heterocycles. The minimum atomic E-state index is 0.914. The number of nitrogens with zero attached hydrogens (tertiary/aromatic N) is 1. The Hall–Kier alpha value is -2.32. The van der Waals surface area contributed by atoms with Crippen molar-refractivity contribution >= 4 is 10.9 Å². The van der Waals surface area contributed by atoms with E-state index < -0.39 is 0 Å². The molecule has 3 aromatic rings. The SMILES string of the molecule is C=CCN(CCc1c[nH]c2ccccc12)Cc1ccccc1. The van der Waals surface area contributed by atoms with Gasteiger partial charge in [-0.05, 0) is 23.6 Å². The number of rotatable bonds is 7. The van der Waals surface area contributed by atoms with Gasteiger partial charge in [0.1, 0.15) is 0 Å². The highest BCUT2D eigenvalue weighted by atomic mass is 15.1. The number of benzene rings is 2. The van der Waals surface area contributed by atoms with Crippen molar-refractivity contribution in [3.05, 3.63) is 84.6 Å². The molecule has 0 bridgehead atoms. The second-order valence-electron chi connectivity index (χ2n) is 5.62. The van der Waals surface area contributed by atoms with Crippen LogP contribution in [0.1, 0.15) is 11.1 Å². The lowest BCUT2D eigenvalue weighted by atomic mass is 10.1. The van der Waals surface area contributed by atoms with Crippen LogP contribution in [0.25, 0.3) is 10.9 Å². The molecule has 0 aliphatic rings. The third-order valence-corrected chi connectivity index (χ3v) is 4.01. The van der Waals surface area contributed by atoms with Crippen molar-refractivity contribution in [1.82, 2.24) is 9.88 Å². The van der Waals surface area contributed by atoms with Crippen LogP contribution >= 0.6 is 0 Å². The van der Waals surface area contributed by atoms with Crippen molar-refractivity contribution < 1.29 is 0 Å². The molecule has 2 nitrogen and oxygen atoms in total. The Bertz CT molecular complexity index is 728. The summed E-state index contributed by atoms with van der Waals surface area (Å²) < 4.78 is 0. The van der Waals surface area contributed by atoms with Gasteiger partial charge >= 0.3 is 0 Å². The molecule has 0 spiro atoms. The Kier molecular flexibility index (Phi) is 4.71. The maximum atomic E-state index is 3.89. The number of hydrogen-bond donors (Lipinski definition) is 1. The van der Waals surface area contributed by atoms with Gasteiger partial charge in [-0.3, -0.25) is 4.90 Å². The van der Waals surface area contributed by atoms with Crippen LogP contribution in [0.15, 0.2) is 73.4 Å². The second-order valence-corrected chi connectivity index (χ2v) is 5.62. The average molecular weight is 290 g/mol. The molecule has 0 atom stereocenters. The summed E-state index contributed by atoms with van der Waals surface area (Å²) in [6.45, 7) is 6.80. The van der Waals surface area contributed by atoms with Crippen LogP contribution in [-0.4, -0.2) is 23.0 Å². The van der Waals surface area contributed by atoms with Crippen LogP contribution in [-0.2, 0) is 13.0 Å². The van der Waals surface area contributed by atoms with Crippen molar-refractivity contribution in [3.8, 4) is 0 Å². The van der Waals surface area contributed by atoms with Crippen LogP contribution in [0, 0.1) is 0 Å². The van der Waals surface area contributed by atoms with E-state index in [2.05, 4.69) is 77.3 Å². The average Bonchev–Trinajstić information content (AvgIpc) is 2.97.